The topological polar surface area (TPSA) is 41.2 Å². The number of phenols is 1. The molecule has 1 aromatic carbocycles. The van der Waals surface area contributed by atoms with Crippen LogP contribution in [-0.4, -0.2) is 10.9 Å². The van der Waals surface area contributed by atoms with Gasteiger partial charge in [0.05, 0.1) is 0 Å². The smallest absolute Gasteiger partial charge is 0.227 e. The highest BCUT2D eigenvalue weighted by Crippen LogP contribution is 2.17. The largest absolute Gasteiger partial charge is 1.00 e. The van der Waals surface area contributed by atoms with Gasteiger partial charge in [0.2, 0.25) is 12.3 Å². The summed E-state index contributed by atoms with van der Waals surface area (Å²) >= 11 is 0. The van der Waals surface area contributed by atoms with E-state index in [1.807, 2.05) is 35.2 Å². The number of rotatable bonds is 3. The second kappa shape index (κ2) is 6.49. The summed E-state index contributed by atoms with van der Waals surface area (Å²) in [7, 11) is 0. The fourth-order valence-electron chi connectivity index (χ4n) is 1.63. The van der Waals surface area contributed by atoms with Crippen molar-refractivity contribution < 1.29 is 38.4 Å². The fraction of sp³-hybridized carbons (Fsp3) is 0.143. The SMILES string of the molecule is Cc1cc(C(=O)C[n+]2ccccc2)ccc1O.[I-]. The molecule has 1 N–H and O–H groups in total. The Bertz CT molecular complexity index is 541. The van der Waals surface area contributed by atoms with Crippen molar-refractivity contribution in [3.05, 3.63) is 59.9 Å². The zero-order valence-corrected chi connectivity index (χ0v) is 12.2. The van der Waals surface area contributed by atoms with Crippen LogP contribution in [0.3, 0.4) is 0 Å². The van der Waals surface area contributed by atoms with E-state index < -0.39 is 0 Å². The molecule has 0 spiro atoms. The highest BCUT2D eigenvalue weighted by atomic mass is 127. The molecular weight excluding hydrogens is 341 g/mol. The van der Waals surface area contributed by atoms with Gasteiger partial charge < -0.3 is 29.1 Å². The zero-order valence-electron chi connectivity index (χ0n) is 10.0. The molecule has 0 atom stereocenters. The fourth-order valence-corrected chi connectivity index (χ4v) is 1.63. The quantitative estimate of drug-likeness (QED) is 0.431. The monoisotopic (exact) mass is 355 g/mol. The molecule has 3 nitrogen and oxygen atoms in total. The molecule has 94 valence electrons. The summed E-state index contributed by atoms with van der Waals surface area (Å²) in [6.45, 7) is 2.09. The highest BCUT2D eigenvalue weighted by molar-refractivity contribution is 5.95. The number of nitrogens with zero attached hydrogens (tertiary/aromatic N) is 1. The van der Waals surface area contributed by atoms with Gasteiger partial charge in [0.15, 0.2) is 12.4 Å². The van der Waals surface area contributed by atoms with E-state index >= 15 is 0 Å². The molecule has 0 aliphatic heterocycles. The molecule has 0 fully saturated rings. The Morgan fingerprint density at radius 2 is 1.89 bits per heavy atom. The van der Waals surface area contributed by atoms with E-state index in [4.69, 9.17) is 0 Å². The molecule has 0 aliphatic rings. The first-order chi connectivity index (χ1) is 8.16. The second-order valence-electron chi connectivity index (χ2n) is 3.97. The molecule has 18 heavy (non-hydrogen) atoms. The van der Waals surface area contributed by atoms with E-state index in [2.05, 4.69) is 0 Å². The number of phenolic OH excluding ortho intramolecular Hbond substituents is 1. The number of carbonyl (C=O) groups excluding carboxylic acids is 1. The number of halogens is 1. The summed E-state index contributed by atoms with van der Waals surface area (Å²) in [6, 6.07) is 10.6. The first-order valence-corrected chi connectivity index (χ1v) is 5.44. The number of hydrogen-bond acceptors (Lipinski definition) is 2. The lowest BCUT2D eigenvalue weighted by atomic mass is 10.1. The molecule has 0 saturated heterocycles. The van der Waals surface area contributed by atoms with Crippen LogP contribution in [0.5, 0.6) is 5.75 Å². The Hall–Kier alpha value is -1.43. The third-order valence-corrected chi connectivity index (χ3v) is 2.62. The van der Waals surface area contributed by atoms with Gasteiger partial charge >= 0.3 is 0 Å². The lowest BCUT2D eigenvalue weighted by Crippen LogP contribution is -3.00. The van der Waals surface area contributed by atoms with Crippen molar-refractivity contribution >= 4 is 5.78 Å². The summed E-state index contributed by atoms with van der Waals surface area (Å²) in [5, 5.41) is 9.40. The van der Waals surface area contributed by atoms with Gasteiger partial charge in [-0.25, -0.2) is 0 Å². The van der Waals surface area contributed by atoms with Crippen LogP contribution >= 0.6 is 0 Å². The van der Waals surface area contributed by atoms with Crippen molar-refractivity contribution in [3.8, 4) is 5.75 Å². The van der Waals surface area contributed by atoms with E-state index in [-0.39, 0.29) is 35.5 Å². The molecule has 0 saturated carbocycles. The van der Waals surface area contributed by atoms with Crippen LogP contribution in [0.25, 0.3) is 0 Å². The molecule has 0 aliphatic carbocycles. The van der Waals surface area contributed by atoms with E-state index in [1.54, 1.807) is 25.1 Å². The van der Waals surface area contributed by atoms with Crippen LogP contribution in [-0.2, 0) is 6.54 Å². The summed E-state index contributed by atoms with van der Waals surface area (Å²) < 4.78 is 1.82. The van der Waals surface area contributed by atoms with Gasteiger partial charge in [0.1, 0.15) is 5.75 Å². The molecule has 1 aromatic heterocycles. The number of hydrogen-bond donors (Lipinski definition) is 1. The zero-order chi connectivity index (χ0) is 12.3. The standard InChI is InChI=1S/C14H13NO2.HI/c1-11-9-12(5-6-13(11)16)14(17)10-15-7-3-2-4-8-15;/h2-9H,10H2,1H3;1H. The van der Waals surface area contributed by atoms with Gasteiger partial charge in [-0.3, -0.25) is 4.79 Å². The number of pyridine rings is 1. The normalized spacial score (nSPS) is 9.61. The number of ketones is 1. The molecule has 0 unspecified atom stereocenters. The van der Waals surface area contributed by atoms with Crippen molar-refractivity contribution in [2.75, 3.05) is 0 Å². The third-order valence-electron chi connectivity index (χ3n) is 2.62. The summed E-state index contributed by atoms with van der Waals surface area (Å²) in [4.78, 5) is 12.0. The molecule has 0 amide bonds. The Morgan fingerprint density at radius 3 is 2.50 bits per heavy atom. The molecular formula is C14H14INO2. The Balaban J connectivity index is 0.00000162. The average Bonchev–Trinajstić information content (AvgIpc) is 2.34. The number of aromatic nitrogens is 1. The minimum absolute atomic E-state index is 0. The van der Waals surface area contributed by atoms with E-state index in [9.17, 15) is 9.90 Å². The number of aryl methyl sites for hydroxylation is 1. The van der Waals surface area contributed by atoms with Gasteiger partial charge in [-0.15, -0.1) is 0 Å². The summed E-state index contributed by atoms with van der Waals surface area (Å²) in [6.07, 6.45) is 3.70. The minimum atomic E-state index is 0. The molecule has 0 bridgehead atoms. The molecule has 2 rings (SSSR count). The van der Waals surface area contributed by atoms with Crippen LogP contribution < -0.4 is 28.5 Å². The molecule has 0 radical (unpaired) electrons. The van der Waals surface area contributed by atoms with Crippen LogP contribution in [0.1, 0.15) is 15.9 Å². The Morgan fingerprint density at radius 1 is 1.22 bits per heavy atom. The third kappa shape index (κ3) is 3.53. The van der Waals surface area contributed by atoms with Gasteiger partial charge in [0, 0.05) is 17.7 Å². The highest BCUT2D eigenvalue weighted by Gasteiger charge is 2.12. The molecule has 1 heterocycles. The van der Waals surface area contributed by atoms with E-state index in [1.165, 1.54) is 0 Å². The predicted octanol–water partition coefficient (Wildman–Crippen LogP) is -1.12. The minimum Gasteiger partial charge on any atom is -1.00 e. The summed E-state index contributed by atoms with van der Waals surface area (Å²) in [5.74, 6) is 0.248. The Kier molecular flexibility index (Phi) is 5.27. The predicted molar refractivity (Wildman–Crippen MR) is 63.8 cm³/mol. The first-order valence-electron chi connectivity index (χ1n) is 5.44. The van der Waals surface area contributed by atoms with Crippen LogP contribution in [0, 0.1) is 6.92 Å². The van der Waals surface area contributed by atoms with Crippen molar-refractivity contribution in [1.82, 2.24) is 0 Å². The van der Waals surface area contributed by atoms with E-state index in [0.717, 1.165) is 0 Å². The lowest BCUT2D eigenvalue weighted by Gasteiger charge is -2.01. The van der Waals surface area contributed by atoms with Crippen molar-refractivity contribution in [2.24, 2.45) is 0 Å². The average molecular weight is 355 g/mol. The van der Waals surface area contributed by atoms with Crippen molar-refractivity contribution in [3.63, 3.8) is 0 Å². The molecule has 4 heteroatoms. The number of benzene rings is 1. The van der Waals surface area contributed by atoms with Gasteiger partial charge in [-0.2, -0.15) is 4.57 Å². The van der Waals surface area contributed by atoms with Crippen LogP contribution in [0.15, 0.2) is 48.8 Å². The van der Waals surface area contributed by atoms with Crippen LogP contribution in [0.2, 0.25) is 0 Å². The number of carbonyl (C=O) groups is 1. The van der Waals surface area contributed by atoms with Gasteiger partial charge in [-0.05, 0) is 30.7 Å². The number of aromatic hydroxyl groups is 1. The maximum Gasteiger partial charge on any atom is 0.227 e. The maximum atomic E-state index is 12.0. The second-order valence-corrected chi connectivity index (χ2v) is 3.97. The summed E-state index contributed by atoms with van der Waals surface area (Å²) in [5.41, 5.74) is 1.34. The van der Waals surface area contributed by atoms with Crippen LogP contribution in [0.4, 0.5) is 0 Å². The van der Waals surface area contributed by atoms with Crippen molar-refractivity contribution in [1.29, 1.82) is 0 Å². The van der Waals surface area contributed by atoms with E-state index in [0.29, 0.717) is 17.7 Å². The maximum absolute atomic E-state index is 12.0. The molecule has 2 aromatic rings. The van der Waals surface area contributed by atoms with Gasteiger partial charge in [-0.1, -0.05) is 6.07 Å². The number of Topliss-reactive ketones (excluding diaryl/α,β-unsaturated/α-hetero) is 1. The Labute approximate surface area is 123 Å². The van der Waals surface area contributed by atoms with Gasteiger partial charge in [0.25, 0.3) is 0 Å². The van der Waals surface area contributed by atoms with Crippen molar-refractivity contribution in [2.45, 2.75) is 13.5 Å². The first kappa shape index (κ1) is 14.6. The lowest BCUT2D eigenvalue weighted by molar-refractivity contribution is -0.683.